The van der Waals surface area contributed by atoms with E-state index in [-0.39, 0.29) is 11.3 Å². The van der Waals surface area contributed by atoms with Crippen LogP contribution in [-0.2, 0) is 6.54 Å². The predicted molar refractivity (Wildman–Crippen MR) is 113 cm³/mol. The van der Waals surface area contributed by atoms with Crippen molar-refractivity contribution in [3.63, 3.8) is 0 Å². The predicted octanol–water partition coefficient (Wildman–Crippen LogP) is 5.37. The van der Waals surface area contributed by atoms with E-state index in [1.54, 1.807) is 30.7 Å². The second kappa shape index (κ2) is 8.81. The van der Waals surface area contributed by atoms with Crippen LogP contribution >= 0.6 is 11.6 Å². The van der Waals surface area contributed by atoms with Gasteiger partial charge in [0.05, 0.1) is 23.6 Å². The van der Waals surface area contributed by atoms with E-state index < -0.39 is 30.1 Å². The molecule has 0 unspecified atom stereocenters. The first-order valence-corrected chi connectivity index (χ1v) is 10.1. The van der Waals surface area contributed by atoms with E-state index >= 15 is 0 Å². The summed E-state index contributed by atoms with van der Waals surface area (Å²) in [6, 6.07) is 8.91. The molecule has 0 fully saturated rings. The molecule has 1 aromatic carbocycles. The minimum absolute atomic E-state index is 0.253. The number of carbonyl (C=O) groups excluding carboxylic acids is 1. The van der Waals surface area contributed by atoms with Crippen LogP contribution in [0.5, 0.6) is 0 Å². The number of hydrogen-bond donors (Lipinski definition) is 1. The van der Waals surface area contributed by atoms with E-state index in [9.17, 15) is 22.4 Å². The zero-order valence-electron chi connectivity index (χ0n) is 17.4. The number of nitrogens with one attached hydrogen (secondary N) is 1. The van der Waals surface area contributed by atoms with Gasteiger partial charge in [0.2, 0.25) is 0 Å². The molecule has 3 heterocycles. The summed E-state index contributed by atoms with van der Waals surface area (Å²) >= 11 is 6.03. The number of amides is 1. The Morgan fingerprint density at radius 3 is 2.52 bits per heavy atom. The summed E-state index contributed by atoms with van der Waals surface area (Å²) in [5.41, 5.74) is 0.375. The zero-order chi connectivity index (χ0) is 23.9. The van der Waals surface area contributed by atoms with Crippen LogP contribution in [0.25, 0.3) is 5.65 Å². The average molecular weight is 481 g/mol. The van der Waals surface area contributed by atoms with Crippen molar-refractivity contribution in [3.05, 3.63) is 75.5 Å². The highest BCUT2D eigenvalue weighted by atomic mass is 35.5. The maximum Gasteiger partial charge on any atom is 0.280 e. The van der Waals surface area contributed by atoms with Crippen molar-refractivity contribution in [2.45, 2.75) is 33.2 Å². The zero-order valence-corrected chi connectivity index (χ0v) is 18.1. The number of rotatable bonds is 6. The smallest absolute Gasteiger partial charge is 0.280 e. The number of hydrogen-bond acceptors (Lipinski definition) is 4. The van der Waals surface area contributed by atoms with Gasteiger partial charge in [-0.05, 0) is 37.6 Å². The van der Waals surface area contributed by atoms with Gasteiger partial charge < -0.3 is 5.32 Å². The molecule has 12 heteroatoms. The molecule has 172 valence electrons. The van der Waals surface area contributed by atoms with Gasteiger partial charge in [0.15, 0.2) is 11.3 Å². The van der Waals surface area contributed by atoms with E-state index in [4.69, 9.17) is 11.6 Å². The van der Waals surface area contributed by atoms with Crippen LogP contribution in [0, 0.1) is 13.8 Å². The Morgan fingerprint density at radius 2 is 1.85 bits per heavy atom. The molecule has 4 rings (SSSR count). The SMILES string of the molecule is Cc1nn(Cc2cccc(Cl)c2)c(C)c1NC(=O)c1cc2nc(C(F)F)cc(C(F)F)n2n1. The number of fused-ring (bicyclic) bond motifs is 1. The Morgan fingerprint density at radius 1 is 1.09 bits per heavy atom. The number of aryl methyl sites for hydroxylation is 1. The molecule has 0 atom stereocenters. The minimum atomic E-state index is -3.09. The number of anilines is 1. The van der Waals surface area contributed by atoms with E-state index in [2.05, 4.69) is 20.5 Å². The van der Waals surface area contributed by atoms with Crippen LogP contribution in [0.15, 0.2) is 36.4 Å². The summed E-state index contributed by atoms with van der Waals surface area (Å²) in [5, 5.41) is 11.5. The number of benzene rings is 1. The number of halogens is 5. The monoisotopic (exact) mass is 480 g/mol. The molecular formula is C21H17ClF4N6O. The average Bonchev–Trinajstić information content (AvgIpc) is 3.29. The maximum atomic E-state index is 13.4. The van der Waals surface area contributed by atoms with Crippen molar-refractivity contribution < 1.29 is 22.4 Å². The van der Waals surface area contributed by atoms with E-state index in [1.165, 1.54) is 0 Å². The van der Waals surface area contributed by atoms with Crippen LogP contribution in [0.4, 0.5) is 23.2 Å². The molecule has 7 nitrogen and oxygen atoms in total. The molecular weight excluding hydrogens is 464 g/mol. The van der Waals surface area contributed by atoms with Gasteiger partial charge in [-0.2, -0.15) is 10.2 Å². The van der Waals surface area contributed by atoms with Crippen LogP contribution < -0.4 is 5.32 Å². The number of aromatic nitrogens is 5. The molecule has 0 spiro atoms. The van der Waals surface area contributed by atoms with Gasteiger partial charge in [-0.15, -0.1) is 0 Å². The highest BCUT2D eigenvalue weighted by molar-refractivity contribution is 6.30. The molecule has 0 aliphatic heterocycles. The summed E-state index contributed by atoms with van der Waals surface area (Å²) in [5.74, 6) is -0.715. The summed E-state index contributed by atoms with van der Waals surface area (Å²) < 4.78 is 55.1. The van der Waals surface area contributed by atoms with Gasteiger partial charge in [-0.3, -0.25) is 9.48 Å². The first-order chi connectivity index (χ1) is 15.6. The second-order valence-corrected chi connectivity index (χ2v) is 7.73. The Kier molecular flexibility index (Phi) is 6.07. The lowest BCUT2D eigenvalue weighted by atomic mass is 10.2. The minimum Gasteiger partial charge on any atom is -0.317 e. The molecule has 1 N–H and O–H groups in total. The van der Waals surface area contributed by atoms with Gasteiger partial charge in [0, 0.05) is 11.1 Å². The summed E-state index contributed by atoms with van der Waals surface area (Å²) in [7, 11) is 0. The van der Waals surface area contributed by atoms with E-state index in [1.807, 2.05) is 12.1 Å². The van der Waals surface area contributed by atoms with Crippen molar-refractivity contribution in [1.29, 1.82) is 0 Å². The molecule has 0 bridgehead atoms. The van der Waals surface area contributed by atoms with E-state index in [0.29, 0.717) is 39.2 Å². The van der Waals surface area contributed by atoms with Crippen molar-refractivity contribution in [2.24, 2.45) is 0 Å². The van der Waals surface area contributed by atoms with Crippen LogP contribution in [0.2, 0.25) is 5.02 Å². The maximum absolute atomic E-state index is 13.4. The lowest BCUT2D eigenvalue weighted by molar-refractivity contribution is 0.102. The van der Waals surface area contributed by atoms with Gasteiger partial charge in [0.25, 0.3) is 18.8 Å². The number of alkyl halides is 4. The number of nitrogens with zero attached hydrogens (tertiary/aromatic N) is 5. The quantitative estimate of drug-likeness (QED) is 0.376. The van der Waals surface area contributed by atoms with Crippen LogP contribution in [-0.4, -0.2) is 30.3 Å². The summed E-state index contributed by atoms with van der Waals surface area (Å²) in [4.78, 5) is 16.4. The van der Waals surface area contributed by atoms with Crippen molar-refractivity contribution >= 4 is 28.8 Å². The third-order valence-corrected chi connectivity index (χ3v) is 5.23. The van der Waals surface area contributed by atoms with Crippen molar-refractivity contribution in [2.75, 3.05) is 5.32 Å². The van der Waals surface area contributed by atoms with Crippen LogP contribution in [0.1, 0.15) is 51.7 Å². The van der Waals surface area contributed by atoms with Crippen LogP contribution in [0.3, 0.4) is 0 Å². The molecule has 0 aliphatic rings. The Labute approximate surface area is 190 Å². The summed E-state index contributed by atoms with van der Waals surface area (Å²) in [6.45, 7) is 3.87. The fraction of sp³-hybridized carbons (Fsp3) is 0.238. The highest BCUT2D eigenvalue weighted by Gasteiger charge is 2.23. The molecule has 1 amide bonds. The fourth-order valence-corrected chi connectivity index (χ4v) is 3.63. The first-order valence-electron chi connectivity index (χ1n) is 9.70. The fourth-order valence-electron chi connectivity index (χ4n) is 3.41. The molecule has 33 heavy (non-hydrogen) atoms. The third-order valence-electron chi connectivity index (χ3n) is 5.00. The van der Waals surface area contributed by atoms with Gasteiger partial charge in [0.1, 0.15) is 11.4 Å². The second-order valence-electron chi connectivity index (χ2n) is 7.29. The molecule has 0 saturated carbocycles. The molecule has 0 aliphatic carbocycles. The number of carbonyl (C=O) groups is 1. The molecule has 4 aromatic rings. The lowest BCUT2D eigenvalue weighted by Crippen LogP contribution is -2.14. The summed E-state index contributed by atoms with van der Waals surface area (Å²) in [6.07, 6.45) is -6.13. The van der Waals surface area contributed by atoms with E-state index in [0.717, 1.165) is 11.6 Å². The first kappa shape index (κ1) is 22.7. The van der Waals surface area contributed by atoms with Gasteiger partial charge in [-0.1, -0.05) is 23.7 Å². The van der Waals surface area contributed by atoms with Gasteiger partial charge in [-0.25, -0.2) is 27.1 Å². The Bertz CT molecular complexity index is 1350. The topological polar surface area (TPSA) is 77.1 Å². The Hall–Kier alpha value is -3.47. The normalized spacial score (nSPS) is 11.7. The third kappa shape index (κ3) is 4.54. The lowest BCUT2D eigenvalue weighted by Gasteiger charge is -2.07. The molecule has 3 aromatic heterocycles. The largest absolute Gasteiger partial charge is 0.317 e. The Balaban J connectivity index is 1.63. The van der Waals surface area contributed by atoms with Crippen molar-refractivity contribution in [3.8, 4) is 0 Å². The molecule has 0 radical (unpaired) electrons. The van der Waals surface area contributed by atoms with Gasteiger partial charge >= 0.3 is 0 Å². The van der Waals surface area contributed by atoms with Crippen molar-refractivity contribution in [1.82, 2.24) is 24.4 Å². The molecule has 0 saturated heterocycles. The standard InChI is InChI=1S/C21H17ClF4N6O/c1-10-18(11(2)31(29-10)9-12-4-3-5-13(22)6-12)28-21(33)15-8-17-27-14(19(23)24)7-16(20(25)26)32(17)30-15/h3-8,19-20H,9H2,1-2H3,(H,28,33). The highest BCUT2D eigenvalue weighted by Crippen LogP contribution is 2.26.